The van der Waals surface area contributed by atoms with Gasteiger partial charge in [-0.2, -0.15) is 0 Å². The molecule has 0 heterocycles. The second-order valence-corrected chi connectivity index (χ2v) is 6.62. The molecule has 0 spiro atoms. The van der Waals surface area contributed by atoms with Gasteiger partial charge >= 0.3 is 0 Å². The molecule has 2 aromatic carbocycles. The first-order valence-electron chi connectivity index (χ1n) is 7.70. The maximum absolute atomic E-state index is 12.5. The summed E-state index contributed by atoms with van der Waals surface area (Å²) in [7, 11) is 0. The fraction of sp³-hybridized carbons (Fsp3) is 0.263. The highest BCUT2D eigenvalue weighted by Gasteiger charge is 2.35. The Morgan fingerprint density at radius 1 is 1.04 bits per heavy atom. The molecule has 2 amide bonds. The van der Waals surface area contributed by atoms with Crippen molar-refractivity contribution in [2.24, 2.45) is 5.41 Å². The molecule has 2 rings (SSSR count). The summed E-state index contributed by atoms with van der Waals surface area (Å²) in [6.45, 7) is 5.46. The summed E-state index contributed by atoms with van der Waals surface area (Å²) in [4.78, 5) is 24.9. The van der Waals surface area contributed by atoms with Crippen molar-refractivity contribution in [2.45, 2.75) is 27.3 Å². The number of aryl methyl sites for hydroxylation is 1. The van der Waals surface area contributed by atoms with Gasteiger partial charge in [-0.25, -0.2) is 0 Å². The molecule has 2 N–H and O–H groups in total. The molecule has 0 aliphatic carbocycles. The molecule has 2 aromatic rings. The molecule has 0 aromatic heterocycles. The van der Waals surface area contributed by atoms with Crippen LogP contribution in [0, 0.1) is 12.3 Å². The van der Waals surface area contributed by atoms with Gasteiger partial charge in [0.1, 0.15) is 5.41 Å². The third kappa shape index (κ3) is 4.36. The minimum absolute atomic E-state index is 0.331. The van der Waals surface area contributed by atoms with Crippen molar-refractivity contribution in [2.75, 3.05) is 5.32 Å². The summed E-state index contributed by atoms with van der Waals surface area (Å²) < 4.78 is 0. The molecular weight excluding hydrogens is 324 g/mol. The van der Waals surface area contributed by atoms with Crippen molar-refractivity contribution < 1.29 is 9.59 Å². The molecule has 0 radical (unpaired) electrons. The number of nitrogens with one attached hydrogen (secondary N) is 2. The lowest BCUT2D eigenvalue weighted by molar-refractivity contribution is -0.138. The van der Waals surface area contributed by atoms with Crippen LogP contribution in [0.4, 0.5) is 5.69 Å². The van der Waals surface area contributed by atoms with Gasteiger partial charge in [0.05, 0.1) is 0 Å². The van der Waals surface area contributed by atoms with Crippen LogP contribution in [0.5, 0.6) is 0 Å². The van der Waals surface area contributed by atoms with Crippen LogP contribution in [0.1, 0.15) is 25.0 Å². The van der Waals surface area contributed by atoms with E-state index in [9.17, 15) is 9.59 Å². The van der Waals surface area contributed by atoms with E-state index < -0.39 is 5.41 Å². The summed E-state index contributed by atoms with van der Waals surface area (Å²) in [6.07, 6.45) is 0. The van der Waals surface area contributed by atoms with Gasteiger partial charge in [0.25, 0.3) is 0 Å². The first-order valence-corrected chi connectivity index (χ1v) is 8.08. The largest absolute Gasteiger partial charge is 0.351 e. The molecule has 0 aliphatic rings. The summed E-state index contributed by atoms with van der Waals surface area (Å²) in [5, 5.41) is 6.11. The van der Waals surface area contributed by atoms with Crippen LogP contribution in [0.3, 0.4) is 0 Å². The Kier molecular flexibility index (Phi) is 5.62. The fourth-order valence-corrected chi connectivity index (χ4v) is 2.24. The van der Waals surface area contributed by atoms with Crippen LogP contribution in [0.15, 0.2) is 48.5 Å². The molecule has 5 heteroatoms. The van der Waals surface area contributed by atoms with E-state index in [1.807, 2.05) is 43.3 Å². The van der Waals surface area contributed by atoms with E-state index in [2.05, 4.69) is 10.6 Å². The van der Waals surface area contributed by atoms with Crippen molar-refractivity contribution in [3.63, 3.8) is 0 Å². The predicted octanol–water partition coefficient (Wildman–Crippen LogP) is 3.93. The number of halogens is 1. The molecular formula is C19H21ClN2O2. The first-order chi connectivity index (χ1) is 11.3. The number of hydrogen-bond acceptors (Lipinski definition) is 2. The van der Waals surface area contributed by atoms with E-state index in [1.54, 1.807) is 26.0 Å². The van der Waals surface area contributed by atoms with Gasteiger partial charge in [0.15, 0.2) is 0 Å². The minimum Gasteiger partial charge on any atom is -0.351 e. The number of carbonyl (C=O) groups excluding carboxylic acids is 2. The van der Waals surface area contributed by atoms with E-state index in [4.69, 9.17) is 11.6 Å². The number of benzene rings is 2. The maximum Gasteiger partial charge on any atom is 0.239 e. The van der Waals surface area contributed by atoms with Crippen LogP contribution >= 0.6 is 11.6 Å². The lowest BCUT2D eigenvalue weighted by Gasteiger charge is -2.23. The monoisotopic (exact) mass is 344 g/mol. The second-order valence-electron chi connectivity index (χ2n) is 6.21. The molecule has 0 fully saturated rings. The Balaban J connectivity index is 2.00. The number of rotatable bonds is 5. The topological polar surface area (TPSA) is 58.2 Å². The van der Waals surface area contributed by atoms with E-state index in [0.717, 1.165) is 11.1 Å². The van der Waals surface area contributed by atoms with E-state index >= 15 is 0 Å². The molecule has 0 saturated carbocycles. The SMILES string of the molecule is Cc1ccc(NC(=O)C(C)(C)C(=O)NCc2ccccc2)cc1Cl. The highest BCUT2D eigenvalue weighted by atomic mass is 35.5. The third-order valence-corrected chi connectivity index (χ3v) is 4.27. The summed E-state index contributed by atoms with van der Waals surface area (Å²) in [6, 6.07) is 14.8. The Hall–Kier alpha value is -2.33. The highest BCUT2D eigenvalue weighted by Crippen LogP contribution is 2.23. The quantitative estimate of drug-likeness (QED) is 0.807. The second kappa shape index (κ2) is 7.49. The number of amides is 2. The van der Waals surface area contributed by atoms with E-state index in [1.165, 1.54) is 0 Å². The normalized spacial score (nSPS) is 11.0. The molecule has 0 unspecified atom stereocenters. The molecule has 24 heavy (non-hydrogen) atoms. The van der Waals surface area contributed by atoms with Gasteiger partial charge in [0, 0.05) is 17.3 Å². The average molecular weight is 345 g/mol. The highest BCUT2D eigenvalue weighted by molar-refractivity contribution is 6.31. The summed E-state index contributed by atoms with van der Waals surface area (Å²) in [5.41, 5.74) is 1.27. The Morgan fingerprint density at radius 3 is 2.33 bits per heavy atom. The van der Waals surface area contributed by atoms with Crippen molar-refractivity contribution in [3.8, 4) is 0 Å². The summed E-state index contributed by atoms with van der Waals surface area (Å²) in [5.74, 6) is -0.713. The van der Waals surface area contributed by atoms with Gasteiger partial charge in [-0.3, -0.25) is 9.59 Å². The van der Waals surface area contributed by atoms with Gasteiger partial charge in [-0.15, -0.1) is 0 Å². The smallest absolute Gasteiger partial charge is 0.239 e. The zero-order chi connectivity index (χ0) is 17.7. The van der Waals surface area contributed by atoms with Crippen LogP contribution in [0.25, 0.3) is 0 Å². The maximum atomic E-state index is 12.5. The number of carbonyl (C=O) groups is 2. The number of hydrogen-bond donors (Lipinski definition) is 2. The Morgan fingerprint density at radius 2 is 1.71 bits per heavy atom. The van der Waals surface area contributed by atoms with Crippen molar-refractivity contribution in [1.29, 1.82) is 0 Å². The molecule has 126 valence electrons. The predicted molar refractivity (Wildman–Crippen MR) is 96.9 cm³/mol. The molecule has 0 bridgehead atoms. The van der Waals surface area contributed by atoms with Crippen LogP contribution < -0.4 is 10.6 Å². The van der Waals surface area contributed by atoms with Crippen molar-refractivity contribution in [1.82, 2.24) is 5.32 Å². The molecule has 0 atom stereocenters. The van der Waals surface area contributed by atoms with Crippen molar-refractivity contribution >= 4 is 29.1 Å². The van der Waals surface area contributed by atoms with Gasteiger partial charge in [-0.1, -0.05) is 48.0 Å². The zero-order valence-electron chi connectivity index (χ0n) is 14.0. The fourth-order valence-electron chi connectivity index (χ4n) is 2.06. The van der Waals surface area contributed by atoms with Gasteiger partial charge < -0.3 is 10.6 Å². The Bertz CT molecular complexity index is 742. The first kappa shape index (κ1) is 18.0. The third-order valence-electron chi connectivity index (χ3n) is 3.86. The minimum atomic E-state index is -1.20. The zero-order valence-corrected chi connectivity index (χ0v) is 14.8. The molecule has 4 nitrogen and oxygen atoms in total. The molecule has 0 saturated heterocycles. The van der Waals surface area contributed by atoms with Crippen LogP contribution in [-0.2, 0) is 16.1 Å². The van der Waals surface area contributed by atoms with Gasteiger partial charge in [0.2, 0.25) is 11.8 Å². The standard InChI is InChI=1S/C19H21ClN2O2/c1-13-9-10-15(11-16(13)20)22-18(24)19(2,3)17(23)21-12-14-7-5-4-6-8-14/h4-11H,12H2,1-3H3,(H,21,23)(H,22,24). The average Bonchev–Trinajstić information content (AvgIpc) is 2.56. The Labute approximate surface area is 147 Å². The van der Waals surface area contributed by atoms with E-state index in [-0.39, 0.29) is 11.8 Å². The lowest BCUT2D eigenvalue weighted by atomic mass is 9.90. The van der Waals surface area contributed by atoms with Crippen LogP contribution in [-0.4, -0.2) is 11.8 Å². The summed E-state index contributed by atoms with van der Waals surface area (Å²) >= 11 is 6.06. The molecule has 0 aliphatic heterocycles. The van der Waals surface area contributed by atoms with Crippen LogP contribution in [0.2, 0.25) is 5.02 Å². The lowest BCUT2D eigenvalue weighted by Crippen LogP contribution is -2.44. The van der Waals surface area contributed by atoms with Crippen molar-refractivity contribution in [3.05, 3.63) is 64.7 Å². The number of anilines is 1. The van der Waals surface area contributed by atoms with Gasteiger partial charge in [-0.05, 0) is 44.0 Å². The van der Waals surface area contributed by atoms with E-state index in [0.29, 0.717) is 17.3 Å².